The first kappa shape index (κ1) is 17.4. The first-order valence-electron chi connectivity index (χ1n) is 9.81. The van der Waals surface area contributed by atoms with Gasteiger partial charge in [-0.1, -0.05) is 77.9 Å². The van der Waals surface area contributed by atoms with Gasteiger partial charge in [-0.15, -0.1) is 0 Å². The molecule has 0 unspecified atom stereocenters. The zero-order chi connectivity index (χ0) is 19.8. The third-order valence-corrected chi connectivity index (χ3v) is 5.19. The molecule has 0 saturated carbocycles. The molecule has 2 nitrogen and oxygen atoms in total. The van der Waals surface area contributed by atoms with Gasteiger partial charge in [0.25, 0.3) is 0 Å². The van der Waals surface area contributed by atoms with Crippen LogP contribution in [0.15, 0.2) is 95.5 Å². The molecule has 29 heavy (non-hydrogen) atoms. The topological polar surface area (TPSA) is 26.0 Å². The molecule has 0 atom stereocenters. The van der Waals surface area contributed by atoms with Crippen molar-refractivity contribution in [3.05, 3.63) is 102 Å². The molecule has 2 heterocycles. The highest BCUT2D eigenvalue weighted by Gasteiger charge is 2.18. The Balaban J connectivity index is 1.76. The van der Waals surface area contributed by atoms with Crippen molar-refractivity contribution >= 4 is 11.0 Å². The van der Waals surface area contributed by atoms with Crippen LogP contribution in [0.2, 0.25) is 0 Å². The van der Waals surface area contributed by atoms with E-state index >= 15 is 0 Å². The van der Waals surface area contributed by atoms with Gasteiger partial charge in [0.2, 0.25) is 0 Å². The summed E-state index contributed by atoms with van der Waals surface area (Å²) in [6.45, 7) is 4.23. The second kappa shape index (κ2) is 7.06. The van der Waals surface area contributed by atoms with Crippen molar-refractivity contribution in [2.75, 3.05) is 0 Å². The Labute approximate surface area is 170 Å². The van der Waals surface area contributed by atoms with Crippen LogP contribution in [0.4, 0.5) is 0 Å². The number of nitrogens with zero attached hydrogens (tertiary/aromatic N) is 1. The summed E-state index contributed by atoms with van der Waals surface area (Å²) in [7, 11) is 0. The fourth-order valence-electron chi connectivity index (χ4n) is 3.96. The van der Waals surface area contributed by atoms with E-state index in [-0.39, 0.29) is 0 Å². The molecule has 3 aromatic carbocycles. The van der Waals surface area contributed by atoms with E-state index < -0.39 is 0 Å². The molecule has 0 aliphatic heterocycles. The van der Waals surface area contributed by atoms with Gasteiger partial charge in [0.05, 0.1) is 5.69 Å². The van der Waals surface area contributed by atoms with Crippen LogP contribution in [-0.2, 0) is 0 Å². The number of rotatable bonds is 3. The minimum absolute atomic E-state index is 0.854. The Kier molecular flexibility index (Phi) is 4.25. The van der Waals surface area contributed by atoms with Gasteiger partial charge in [-0.3, -0.25) is 4.98 Å². The van der Waals surface area contributed by atoms with Crippen LogP contribution in [0.5, 0.6) is 0 Å². The number of hydrogen-bond acceptors (Lipinski definition) is 2. The van der Waals surface area contributed by atoms with Gasteiger partial charge >= 0.3 is 0 Å². The van der Waals surface area contributed by atoms with E-state index in [2.05, 4.69) is 74.5 Å². The van der Waals surface area contributed by atoms with Gasteiger partial charge in [0.1, 0.15) is 11.3 Å². The molecule has 0 aliphatic carbocycles. The van der Waals surface area contributed by atoms with Crippen LogP contribution in [0.1, 0.15) is 11.1 Å². The van der Waals surface area contributed by atoms with E-state index in [4.69, 9.17) is 9.40 Å². The number of benzene rings is 3. The van der Waals surface area contributed by atoms with E-state index in [1.807, 2.05) is 30.5 Å². The van der Waals surface area contributed by atoms with Crippen LogP contribution in [0.3, 0.4) is 0 Å². The quantitative estimate of drug-likeness (QED) is 0.327. The van der Waals surface area contributed by atoms with Crippen LogP contribution in [0.25, 0.3) is 44.7 Å². The number of aryl methyl sites for hydroxylation is 2. The lowest BCUT2D eigenvalue weighted by Crippen LogP contribution is -1.86. The predicted molar refractivity (Wildman–Crippen MR) is 120 cm³/mol. The van der Waals surface area contributed by atoms with E-state index in [0.717, 1.165) is 44.7 Å². The molecule has 0 aliphatic rings. The number of fused-ring (bicyclic) bond motifs is 1. The van der Waals surface area contributed by atoms with Gasteiger partial charge < -0.3 is 4.42 Å². The predicted octanol–water partition coefficient (Wildman–Crippen LogP) is 7.45. The molecule has 0 spiro atoms. The highest BCUT2D eigenvalue weighted by Crippen LogP contribution is 2.41. The highest BCUT2D eigenvalue weighted by molar-refractivity contribution is 6.02. The summed E-state index contributed by atoms with van der Waals surface area (Å²) in [6.07, 6.45) is 1.95. The van der Waals surface area contributed by atoms with Crippen molar-refractivity contribution in [1.29, 1.82) is 0 Å². The molecule has 0 N–H and O–H groups in total. The molecular weight excluding hydrogens is 354 g/mol. The normalized spacial score (nSPS) is 11.1. The third-order valence-electron chi connectivity index (χ3n) is 5.19. The van der Waals surface area contributed by atoms with Crippen molar-refractivity contribution in [3.8, 4) is 33.7 Å². The molecular formula is C27H21NO. The van der Waals surface area contributed by atoms with Gasteiger partial charge in [0.15, 0.2) is 0 Å². The van der Waals surface area contributed by atoms with E-state index in [1.54, 1.807) is 0 Å². The van der Waals surface area contributed by atoms with Crippen molar-refractivity contribution in [3.63, 3.8) is 0 Å². The highest BCUT2D eigenvalue weighted by atomic mass is 16.3. The van der Waals surface area contributed by atoms with E-state index in [0.29, 0.717) is 0 Å². The van der Waals surface area contributed by atoms with Crippen LogP contribution in [0, 0.1) is 13.8 Å². The number of furan rings is 1. The molecule has 5 rings (SSSR count). The van der Waals surface area contributed by atoms with Gasteiger partial charge in [-0.25, -0.2) is 0 Å². The number of hydrogen-bond donors (Lipinski definition) is 0. The molecule has 0 bridgehead atoms. The minimum atomic E-state index is 0.854. The maximum absolute atomic E-state index is 6.42. The molecule has 0 radical (unpaired) electrons. The van der Waals surface area contributed by atoms with Crippen molar-refractivity contribution in [2.45, 2.75) is 13.8 Å². The third kappa shape index (κ3) is 3.23. The Bertz CT molecular complexity index is 1280. The average Bonchev–Trinajstić information content (AvgIpc) is 3.13. The van der Waals surface area contributed by atoms with Gasteiger partial charge in [-0.2, -0.15) is 0 Å². The summed E-state index contributed by atoms with van der Waals surface area (Å²) in [5.41, 5.74) is 8.65. The fraction of sp³-hybridized carbons (Fsp3) is 0.0741. The summed E-state index contributed by atoms with van der Waals surface area (Å²) in [6, 6.07) is 29.2. The fourth-order valence-corrected chi connectivity index (χ4v) is 3.96. The lowest BCUT2D eigenvalue weighted by molar-refractivity contribution is 0.632. The largest absolute Gasteiger partial charge is 0.455 e. The lowest BCUT2D eigenvalue weighted by atomic mass is 9.99. The van der Waals surface area contributed by atoms with Crippen LogP contribution in [-0.4, -0.2) is 4.98 Å². The summed E-state index contributed by atoms with van der Waals surface area (Å²) >= 11 is 0. The zero-order valence-electron chi connectivity index (χ0n) is 16.5. The zero-order valence-corrected chi connectivity index (χ0v) is 16.5. The van der Waals surface area contributed by atoms with E-state index in [1.165, 1.54) is 11.1 Å². The second-order valence-electron chi connectivity index (χ2n) is 7.48. The Morgan fingerprint density at radius 1 is 0.655 bits per heavy atom. The second-order valence-corrected chi connectivity index (χ2v) is 7.48. The smallest absolute Gasteiger partial charge is 0.143 e. The summed E-state index contributed by atoms with van der Waals surface area (Å²) < 4.78 is 6.42. The molecule has 5 aromatic rings. The number of pyridine rings is 1. The van der Waals surface area contributed by atoms with Crippen molar-refractivity contribution in [1.82, 2.24) is 4.98 Å². The maximum Gasteiger partial charge on any atom is 0.143 e. The molecule has 0 fully saturated rings. The SMILES string of the molecule is Cc1cc(C)cc(-c2cc3oc(-c4ccccc4)c(-c4ccccc4)c3cn2)c1. The molecule has 2 aromatic heterocycles. The van der Waals surface area contributed by atoms with Crippen LogP contribution >= 0.6 is 0 Å². The monoisotopic (exact) mass is 375 g/mol. The van der Waals surface area contributed by atoms with Crippen molar-refractivity contribution in [2.24, 2.45) is 0 Å². The Morgan fingerprint density at radius 3 is 1.93 bits per heavy atom. The van der Waals surface area contributed by atoms with Gasteiger partial charge in [0, 0.05) is 34.3 Å². The lowest BCUT2D eigenvalue weighted by Gasteiger charge is -2.05. The molecule has 140 valence electrons. The molecule has 2 heteroatoms. The standard InChI is InChI=1S/C27H21NO/c1-18-13-19(2)15-22(14-18)24-16-25-23(17-28-24)26(20-9-5-3-6-10-20)27(29-25)21-11-7-4-8-12-21/h3-17H,1-2H3. The van der Waals surface area contributed by atoms with Crippen LogP contribution < -0.4 is 0 Å². The average molecular weight is 375 g/mol. The molecule has 0 amide bonds. The maximum atomic E-state index is 6.42. The first-order valence-corrected chi connectivity index (χ1v) is 9.81. The summed E-state index contributed by atoms with van der Waals surface area (Å²) in [5, 5.41) is 1.03. The van der Waals surface area contributed by atoms with Gasteiger partial charge in [-0.05, 0) is 31.5 Å². The molecule has 0 saturated heterocycles. The van der Waals surface area contributed by atoms with E-state index in [9.17, 15) is 0 Å². The first-order chi connectivity index (χ1) is 14.2. The summed E-state index contributed by atoms with van der Waals surface area (Å²) in [5.74, 6) is 0.881. The minimum Gasteiger partial charge on any atom is -0.455 e. The van der Waals surface area contributed by atoms with Crippen molar-refractivity contribution < 1.29 is 4.42 Å². The number of aromatic nitrogens is 1. The Morgan fingerprint density at radius 2 is 1.28 bits per heavy atom. The Hall–Kier alpha value is -3.65. The summed E-state index contributed by atoms with van der Waals surface area (Å²) in [4.78, 5) is 4.79.